The molecule has 0 aliphatic heterocycles. The molecule has 6 heteroatoms. The van der Waals surface area contributed by atoms with Crippen LogP contribution in [-0.2, 0) is 13.1 Å². The molecular weight excluding hydrogens is 276 g/mol. The number of aromatic nitrogens is 2. The molecule has 0 aliphatic rings. The quantitative estimate of drug-likeness (QED) is 0.918. The molecule has 0 saturated carbocycles. The van der Waals surface area contributed by atoms with Gasteiger partial charge in [-0.1, -0.05) is 22.9 Å². The monoisotopic (exact) mass is 296 g/mol. The molecule has 0 amide bonds. The van der Waals surface area contributed by atoms with Gasteiger partial charge in [-0.15, -0.1) is 12.4 Å². The Bertz CT molecular complexity index is 556. The van der Waals surface area contributed by atoms with Crippen LogP contribution in [0.4, 0.5) is 5.69 Å². The lowest BCUT2D eigenvalue weighted by atomic mass is 10.1. The van der Waals surface area contributed by atoms with Gasteiger partial charge in [-0.3, -0.25) is 0 Å². The summed E-state index contributed by atoms with van der Waals surface area (Å²) in [4.78, 5) is 6.47. The van der Waals surface area contributed by atoms with E-state index in [4.69, 9.17) is 10.3 Å². The van der Waals surface area contributed by atoms with Crippen molar-refractivity contribution in [3.05, 3.63) is 41.0 Å². The molecule has 110 valence electrons. The van der Waals surface area contributed by atoms with Crippen molar-refractivity contribution in [1.82, 2.24) is 10.1 Å². The molecule has 2 aromatic rings. The Labute approximate surface area is 125 Å². The second-order valence-electron chi connectivity index (χ2n) is 4.61. The number of aryl methyl sites for hydroxylation is 2. The molecule has 0 atom stereocenters. The van der Waals surface area contributed by atoms with Gasteiger partial charge in [-0.05, 0) is 32.4 Å². The van der Waals surface area contributed by atoms with Crippen molar-refractivity contribution in [3.63, 3.8) is 0 Å². The number of hydrogen-bond donors (Lipinski definition) is 1. The summed E-state index contributed by atoms with van der Waals surface area (Å²) < 4.78 is 5.03. The van der Waals surface area contributed by atoms with Gasteiger partial charge in [-0.2, -0.15) is 4.98 Å². The molecule has 1 aromatic carbocycles. The minimum absolute atomic E-state index is 0. The predicted octanol–water partition coefficient (Wildman–Crippen LogP) is 2.59. The fourth-order valence-corrected chi connectivity index (χ4v) is 2.14. The highest BCUT2D eigenvalue weighted by molar-refractivity contribution is 5.85. The van der Waals surface area contributed by atoms with Gasteiger partial charge in [0, 0.05) is 12.2 Å². The molecule has 0 spiro atoms. The standard InChI is InChI=1S/C14H20N4O.ClH/c1-4-18(9-13-16-14(8-15)19-17-13)12-6-5-10(2)7-11(12)3;/h5-7H,4,8-9,15H2,1-3H3;1H. The van der Waals surface area contributed by atoms with Gasteiger partial charge in [0.2, 0.25) is 5.89 Å². The van der Waals surface area contributed by atoms with Gasteiger partial charge >= 0.3 is 0 Å². The molecule has 1 aromatic heterocycles. The van der Waals surface area contributed by atoms with Crippen LogP contribution in [-0.4, -0.2) is 16.7 Å². The smallest absolute Gasteiger partial charge is 0.240 e. The number of nitrogens with two attached hydrogens (primary N) is 1. The number of benzene rings is 1. The maximum atomic E-state index is 5.47. The van der Waals surface area contributed by atoms with Crippen molar-refractivity contribution in [2.24, 2.45) is 5.73 Å². The average molecular weight is 297 g/mol. The predicted molar refractivity (Wildman–Crippen MR) is 82.1 cm³/mol. The van der Waals surface area contributed by atoms with E-state index in [0.717, 1.165) is 6.54 Å². The fraction of sp³-hybridized carbons (Fsp3) is 0.429. The second kappa shape index (κ2) is 7.26. The molecule has 0 bridgehead atoms. The van der Waals surface area contributed by atoms with Gasteiger partial charge in [0.1, 0.15) is 0 Å². The van der Waals surface area contributed by atoms with Crippen LogP contribution in [0.15, 0.2) is 22.7 Å². The first-order valence-corrected chi connectivity index (χ1v) is 6.47. The van der Waals surface area contributed by atoms with E-state index in [-0.39, 0.29) is 19.0 Å². The zero-order valence-electron chi connectivity index (χ0n) is 12.1. The van der Waals surface area contributed by atoms with Crippen LogP contribution in [0.5, 0.6) is 0 Å². The summed E-state index contributed by atoms with van der Waals surface area (Å²) >= 11 is 0. The minimum atomic E-state index is 0. The van der Waals surface area contributed by atoms with E-state index in [1.807, 2.05) is 0 Å². The van der Waals surface area contributed by atoms with E-state index in [0.29, 0.717) is 18.3 Å². The summed E-state index contributed by atoms with van der Waals surface area (Å²) in [5, 5.41) is 3.94. The first-order chi connectivity index (χ1) is 9.13. The minimum Gasteiger partial charge on any atom is -0.364 e. The van der Waals surface area contributed by atoms with Crippen molar-refractivity contribution < 1.29 is 4.52 Å². The van der Waals surface area contributed by atoms with Crippen LogP contribution in [0.1, 0.15) is 29.8 Å². The Balaban J connectivity index is 0.00000200. The third kappa shape index (κ3) is 3.71. The molecule has 20 heavy (non-hydrogen) atoms. The normalized spacial score (nSPS) is 10.2. The summed E-state index contributed by atoms with van der Waals surface area (Å²) in [6.07, 6.45) is 0. The maximum absolute atomic E-state index is 5.47. The molecular formula is C14H21ClN4O. The van der Waals surface area contributed by atoms with E-state index in [1.54, 1.807) is 0 Å². The zero-order valence-corrected chi connectivity index (χ0v) is 12.9. The Hall–Kier alpha value is -1.59. The highest BCUT2D eigenvalue weighted by atomic mass is 35.5. The lowest BCUT2D eigenvalue weighted by Gasteiger charge is -2.23. The molecule has 5 nitrogen and oxygen atoms in total. The first kappa shape index (κ1) is 16.5. The molecule has 1 heterocycles. The van der Waals surface area contributed by atoms with Gasteiger partial charge in [0.05, 0.1) is 13.1 Å². The van der Waals surface area contributed by atoms with E-state index in [9.17, 15) is 0 Å². The molecule has 0 unspecified atom stereocenters. The molecule has 0 saturated heterocycles. The average Bonchev–Trinajstić information content (AvgIpc) is 2.84. The largest absolute Gasteiger partial charge is 0.364 e. The fourth-order valence-electron chi connectivity index (χ4n) is 2.14. The van der Waals surface area contributed by atoms with Crippen LogP contribution in [0, 0.1) is 13.8 Å². The summed E-state index contributed by atoms with van der Waals surface area (Å²) in [6.45, 7) is 8.12. The van der Waals surface area contributed by atoms with E-state index < -0.39 is 0 Å². The van der Waals surface area contributed by atoms with Gasteiger partial charge in [0.25, 0.3) is 0 Å². The number of nitrogens with zero attached hydrogens (tertiary/aromatic N) is 3. The number of rotatable bonds is 5. The van der Waals surface area contributed by atoms with Crippen LogP contribution in [0.3, 0.4) is 0 Å². The number of halogens is 1. The molecule has 0 radical (unpaired) electrons. The highest BCUT2D eigenvalue weighted by Crippen LogP contribution is 2.22. The lowest BCUT2D eigenvalue weighted by Crippen LogP contribution is -2.23. The van der Waals surface area contributed by atoms with Gasteiger partial charge in [-0.25, -0.2) is 0 Å². The van der Waals surface area contributed by atoms with Crippen LogP contribution in [0.25, 0.3) is 0 Å². The van der Waals surface area contributed by atoms with Crippen LogP contribution in [0.2, 0.25) is 0 Å². The third-order valence-corrected chi connectivity index (χ3v) is 3.09. The second-order valence-corrected chi connectivity index (χ2v) is 4.61. The van der Waals surface area contributed by atoms with Gasteiger partial charge < -0.3 is 15.2 Å². The van der Waals surface area contributed by atoms with Gasteiger partial charge in [0.15, 0.2) is 5.82 Å². The van der Waals surface area contributed by atoms with Crippen LogP contribution < -0.4 is 10.6 Å². The van der Waals surface area contributed by atoms with Crippen LogP contribution >= 0.6 is 12.4 Å². The molecule has 2 rings (SSSR count). The molecule has 0 fully saturated rings. The Morgan fingerprint density at radius 3 is 2.60 bits per heavy atom. The number of anilines is 1. The maximum Gasteiger partial charge on any atom is 0.240 e. The van der Waals surface area contributed by atoms with Crippen molar-refractivity contribution in [2.75, 3.05) is 11.4 Å². The van der Waals surface area contributed by atoms with Crippen molar-refractivity contribution in [1.29, 1.82) is 0 Å². The highest BCUT2D eigenvalue weighted by Gasteiger charge is 2.12. The van der Waals surface area contributed by atoms with Crippen molar-refractivity contribution >= 4 is 18.1 Å². The SMILES string of the molecule is CCN(Cc1noc(CN)n1)c1ccc(C)cc1C.Cl. The van der Waals surface area contributed by atoms with Crippen molar-refractivity contribution in [3.8, 4) is 0 Å². The molecule has 0 aliphatic carbocycles. The zero-order chi connectivity index (χ0) is 13.8. The summed E-state index contributed by atoms with van der Waals surface area (Å²) in [5.41, 5.74) is 9.19. The third-order valence-electron chi connectivity index (χ3n) is 3.09. The summed E-state index contributed by atoms with van der Waals surface area (Å²) in [6, 6.07) is 6.43. The van der Waals surface area contributed by atoms with Crippen molar-refractivity contribution in [2.45, 2.75) is 33.9 Å². The Morgan fingerprint density at radius 1 is 1.30 bits per heavy atom. The van der Waals surface area contributed by atoms with E-state index in [2.05, 4.69) is 54.0 Å². The van der Waals surface area contributed by atoms with E-state index in [1.165, 1.54) is 16.8 Å². The summed E-state index contributed by atoms with van der Waals surface area (Å²) in [7, 11) is 0. The Morgan fingerprint density at radius 2 is 2.05 bits per heavy atom. The topological polar surface area (TPSA) is 68.2 Å². The first-order valence-electron chi connectivity index (χ1n) is 6.47. The van der Waals surface area contributed by atoms with E-state index >= 15 is 0 Å². The summed E-state index contributed by atoms with van der Waals surface area (Å²) in [5.74, 6) is 1.15. The Kier molecular flexibility index (Phi) is 5.98. The number of hydrogen-bond acceptors (Lipinski definition) is 5. The molecule has 2 N–H and O–H groups in total. The lowest BCUT2D eigenvalue weighted by molar-refractivity contribution is 0.374.